The highest BCUT2D eigenvalue weighted by atomic mass is 32.1. The highest BCUT2D eigenvalue weighted by Crippen LogP contribution is 2.22. The quantitative estimate of drug-likeness (QED) is 0.850. The molecule has 0 saturated carbocycles. The van der Waals surface area contributed by atoms with Gasteiger partial charge in [-0.2, -0.15) is 0 Å². The first-order valence-electron chi connectivity index (χ1n) is 7.83. The van der Waals surface area contributed by atoms with Crippen molar-refractivity contribution >= 4 is 34.6 Å². The minimum atomic E-state index is -0.189. The van der Waals surface area contributed by atoms with Gasteiger partial charge < -0.3 is 10.2 Å². The van der Waals surface area contributed by atoms with E-state index in [1.165, 1.54) is 18.3 Å². The van der Waals surface area contributed by atoms with Crippen LogP contribution in [0.15, 0.2) is 36.4 Å². The summed E-state index contributed by atoms with van der Waals surface area (Å²) in [5.74, 6) is -0.0626. The monoisotopic (exact) mass is 342 g/mol. The van der Waals surface area contributed by atoms with E-state index in [0.29, 0.717) is 22.7 Å². The van der Waals surface area contributed by atoms with Gasteiger partial charge in [0, 0.05) is 25.2 Å². The molecule has 1 saturated heterocycles. The maximum Gasteiger partial charge on any atom is 0.261 e. The maximum absolute atomic E-state index is 12.1. The van der Waals surface area contributed by atoms with Crippen LogP contribution in [0.4, 0.5) is 5.69 Å². The number of benzene rings is 1. The number of thiophene rings is 1. The molecule has 2 aromatic rings. The summed E-state index contributed by atoms with van der Waals surface area (Å²) in [6.45, 7) is 2.66. The van der Waals surface area contributed by atoms with E-state index in [-0.39, 0.29) is 17.6 Å². The predicted octanol–water partition coefficient (Wildman–Crippen LogP) is 3.01. The molecule has 6 heteroatoms. The Labute approximate surface area is 144 Å². The van der Waals surface area contributed by atoms with Crippen LogP contribution in [0.3, 0.4) is 0 Å². The van der Waals surface area contributed by atoms with Crippen LogP contribution in [-0.4, -0.2) is 24.1 Å². The Morgan fingerprint density at radius 1 is 1.12 bits per heavy atom. The number of ketones is 1. The van der Waals surface area contributed by atoms with E-state index in [2.05, 4.69) is 5.32 Å². The summed E-state index contributed by atoms with van der Waals surface area (Å²) in [6.07, 6.45) is 1.51. The lowest BCUT2D eigenvalue weighted by Gasteiger charge is -2.16. The molecule has 0 radical (unpaired) electrons. The first kappa shape index (κ1) is 16.4. The highest BCUT2D eigenvalue weighted by molar-refractivity contribution is 7.15. The molecule has 0 bridgehead atoms. The van der Waals surface area contributed by atoms with E-state index in [1.54, 1.807) is 17.0 Å². The molecule has 1 aromatic heterocycles. The zero-order valence-corrected chi connectivity index (χ0v) is 14.2. The van der Waals surface area contributed by atoms with Crippen LogP contribution in [0, 0.1) is 0 Å². The van der Waals surface area contributed by atoms with E-state index in [1.807, 2.05) is 24.3 Å². The van der Waals surface area contributed by atoms with Crippen LogP contribution in [0.25, 0.3) is 0 Å². The molecule has 1 aliphatic heterocycles. The number of anilines is 1. The van der Waals surface area contributed by atoms with Gasteiger partial charge in [0.2, 0.25) is 5.91 Å². The largest absolute Gasteiger partial charge is 0.347 e. The predicted molar refractivity (Wildman–Crippen MR) is 93.5 cm³/mol. The molecule has 1 N–H and O–H groups in total. The third kappa shape index (κ3) is 3.54. The number of nitrogens with zero attached hydrogens (tertiary/aromatic N) is 1. The number of amides is 2. The van der Waals surface area contributed by atoms with Crippen molar-refractivity contribution < 1.29 is 14.4 Å². The van der Waals surface area contributed by atoms with Gasteiger partial charge in [0.05, 0.1) is 9.75 Å². The summed E-state index contributed by atoms with van der Waals surface area (Å²) in [7, 11) is 0. The second-order valence-corrected chi connectivity index (χ2v) is 6.80. The lowest BCUT2D eigenvalue weighted by molar-refractivity contribution is -0.117. The van der Waals surface area contributed by atoms with E-state index in [9.17, 15) is 14.4 Å². The molecule has 2 heterocycles. The maximum atomic E-state index is 12.1. The van der Waals surface area contributed by atoms with E-state index >= 15 is 0 Å². The smallest absolute Gasteiger partial charge is 0.261 e. The fourth-order valence-corrected chi connectivity index (χ4v) is 3.45. The molecule has 1 fully saturated rings. The number of nitrogens with one attached hydrogen (secondary N) is 1. The Kier molecular flexibility index (Phi) is 4.76. The van der Waals surface area contributed by atoms with Crippen LogP contribution >= 0.6 is 11.3 Å². The van der Waals surface area contributed by atoms with E-state index in [0.717, 1.165) is 24.2 Å². The summed E-state index contributed by atoms with van der Waals surface area (Å²) in [6, 6.07) is 11.0. The number of Topliss-reactive ketones (excluding diaryl/α,β-unsaturated/α-hetero) is 1. The molecular formula is C18H18N2O3S. The molecule has 1 aliphatic rings. The van der Waals surface area contributed by atoms with Crippen molar-refractivity contribution in [2.45, 2.75) is 26.3 Å². The first-order valence-corrected chi connectivity index (χ1v) is 8.64. The summed E-state index contributed by atoms with van der Waals surface area (Å²) in [5, 5.41) is 2.84. The van der Waals surface area contributed by atoms with Gasteiger partial charge in [-0.3, -0.25) is 14.4 Å². The number of hydrogen-bond acceptors (Lipinski definition) is 4. The second kappa shape index (κ2) is 6.97. The van der Waals surface area contributed by atoms with Crippen molar-refractivity contribution in [3.8, 4) is 0 Å². The van der Waals surface area contributed by atoms with Crippen molar-refractivity contribution in [3.63, 3.8) is 0 Å². The van der Waals surface area contributed by atoms with Crippen LogP contribution in [0.2, 0.25) is 0 Å². The van der Waals surface area contributed by atoms with Gasteiger partial charge in [-0.25, -0.2) is 0 Å². The Morgan fingerprint density at radius 3 is 2.42 bits per heavy atom. The molecule has 5 nitrogen and oxygen atoms in total. The zero-order valence-electron chi connectivity index (χ0n) is 13.4. The number of carbonyl (C=O) groups excluding carboxylic acids is 3. The molecule has 124 valence electrons. The minimum Gasteiger partial charge on any atom is -0.347 e. The van der Waals surface area contributed by atoms with Gasteiger partial charge in [0.25, 0.3) is 5.91 Å². The fourth-order valence-electron chi connectivity index (χ4n) is 2.63. The molecule has 24 heavy (non-hydrogen) atoms. The van der Waals surface area contributed by atoms with Crippen LogP contribution in [-0.2, 0) is 11.3 Å². The molecule has 0 spiro atoms. The molecular weight excluding hydrogens is 324 g/mol. The summed E-state index contributed by atoms with van der Waals surface area (Å²) in [4.78, 5) is 38.0. The highest BCUT2D eigenvalue weighted by Gasteiger charge is 2.21. The van der Waals surface area contributed by atoms with Crippen molar-refractivity contribution in [1.29, 1.82) is 0 Å². The standard InChI is InChI=1S/C18H18N2O3S/c1-12(21)15-8-9-16(24-15)18(23)19-11-13-4-6-14(7-5-13)20-10-2-3-17(20)22/h4-9H,2-3,10-11H2,1H3,(H,19,23). The van der Waals surface area contributed by atoms with Crippen LogP contribution in [0.1, 0.15) is 44.7 Å². The molecule has 0 atom stereocenters. The SMILES string of the molecule is CC(=O)c1ccc(C(=O)NCc2ccc(N3CCCC3=O)cc2)s1. The molecule has 1 aromatic carbocycles. The third-order valence-corrected chi connectivity index (χ3v) is 5.14. The van der Waals surface area contributed by atoms with Crippen molar-refractivity contribution in [2.24, 2.45) is 0 Å². The van der Waals surface area contributed by atoms with Crippen molar-refractivity contribution in [1.82, 2.24) is 5.32 Å². The zero-order chi connectivity index (χ0) is 17.1. The lowest BCUT2D eigenvalue weighted by atomic mass is 10.2. The summed E-state index contributed by atoms with van der Waals surface area (Å²) < 4.78 is 0. The van der Waals surface area contributed by atoms with Crippen molar-refractivity contribution in [3.05, 3.63) is 51.7 Å². The molecule has 0 unspecified atom stereocenters. The number of carbonyl (C=O) groups is 3. The Balaban J connectivity index is 1.59. The van der Waals surface area contributed by atoms with Gasteiger partial charge in [-0.15, -0.1) is 11.3 Å². The van der Waals surface area contributed by atoms with Crippen LogP contribution < -0.4 is 10.2 Å². The minimum absolute atomic E-state index is 0.0360. The Bertz CT molecular complexity index is 780. The lowest BCUT2D eigenvalue weighted by Crippen LogP contribution is -2.24. The molecule has 3 rings (SSSR count). The number of rotatable bonds is 5. The topological polar surface area (TPSA) is 66.5 Å². The van der Waals surface area contributed by atoms with Gasteiger partial charge in [-0.05, 0) is 43.2 Å². The second-order valence-electron chi connectivity index (χ2n) is 5.72. The average Bonchev–Trinajstić information content (AvgIpc) is 3.22. The molecule has 2 amide bonds. The fraction of sp³-hybridized carbons (Fsp3) is 0.278. The van der Waals surface area contributed by atoms with Gasteiger partial charge >= 0.3 is 0 Å². The first-order chi connectivity index (χ1) is 11.5. The average molecular weight is 342 g/mol. The van der Waals surface area contributed by atoms with Gasteiger partial charge in [0.1, 0.15) is 0 Å². The van der Waals surface area contributed by atoms with E-state index < -0.39 is 0 Å². The number of hydrogen-bond donors (Lipinski definition) is 1. The Hall–Kier alpha value is -2.47. The van der Waals surface area contributed by atoms with E-state index in [4.69, 9.17) is 0 Å². The third-order valence-electron chi connectivity index (χ3n) is 3.95. The van der Waals surface area contributed by atoms with Gasteiger partial charge in [0.15, 0.2) is 5.78 Å². The molecule has 0 aliphatic carbocycles. The summed E-state index contributed by atoms with van der Waals surface area (Å²) in [5.41, 5.74) is 1.86. The van der Waals surface area contributed by atoms with Crippen molar-refractivity contribution in [2.75, 3.05) is 11.4 Å². The normalized spacial score (nSPS) is 14.0. The summed E-state index contributed by atoms with van der Waals surface area (Å²) >= 11 is 1.20. The van der Waals surface area contributed by atoms with Gasteiger partial charge in [-0.1, -0.05) is 12.1 Å². The van der Waals surface area contributed by atoms with Crippen LogP contribution in [0.5, 0.6) is 0 Å². The Morgan fingerprint density at radius 2 is 1.83 bits per heavy atom.